The molecule has 0 aliphatic rings. The zero-order chi connectivity index (χ0) is 28.1. The van der Waals surface area contributed by atoms with Crippen LogP contribution in [0.25, 0.3) is 0 Å². The van der Waals surface area contributed by atoms with E-state index in [0.29, 0.717) is 0 Å². The Labute approximate surface area is 216 Å². The zero-order valence-corrected chi connectivity index (χ0v) is 20.1. The lowest BCUT2D eigenvalue weighted by Crippen LogP contribution is -2.42. The van der Waals surface area contributed by atoms with Crippen LogP contribution in [0.1, 0.15) is 12.5 Å². The molecule has 0 aliphatic heterocycles. The highest BCUT2D eigenvalue weighted by Gasteiger charge is 2.14. The van der Waals surface area contributed by atoms with E-state index in [1.54, 1.807) is 12.1 Å². The number of aliphatic imine (C=N–C) groups is 1. The molecule has 1 atom stereocenters. The summed E-state index contributed by atoms with van der Waals surface area (Å²) in [4.78, 5) is 39.2. The maximum atomic E-state index is 14.6. The van der Waals surface area contributed by atoms with Gasteiger partial charge >= 0.3 is 12.0 Å². The molecule has 1 unspecified atom stereocenters. The number of hydrogen-bond acceptors (Lipinski definition) is 7. The summed E-state index contributed by atoms with van der Waals surface area (Å²) in [6.07, 6.45) is 2.21. The second-order valence-corrected chi connectivity index (χ2v) is 7.61. The number of nitrogens with one attached hydrogen (secondary N) is 3. The Morgan fingerprint density at radius 1 is 1.11 bits per heavy atom. The fourth-order valence-corrected chi connectivity index (χ4v) is 2.74. The maximum Gasteiger partial charge on any atom is 0.321 e. The largest absolute Gasteiger partial charge is 0.508 e. The lowest BCUT2D eigenvalue weighted by atomic mass is 10.2. The first-order valence-electron chi connectivity index (χ1n) is 10.9. The predicted molar refractivity (Wildman–Crippen MR) is 134 cm³/mol. The van der Waals surface area contributed by atoms with Gasteiger partial charge in [-0.25, -0.2) is 13.6 Å². The number of anilines is 1. The van der Waals surface area contributed by atoms with Gasteiger partial charge in [0.1, 0.15) is 24.1 Å². The minimum absolute atomic E-state index is 0.00600. The average Bonchev–Trinajstić information content (AvgIpc) is 2.89. The normalized spacial score (nSPS) is 11.4. The topological polar surface area (TPSA) is 162 Å². The summed E-state index contributed by atoms with van der Waals surface area (Å²) in [6, 6.07) is 10.4. The van der Waals surface area contributed by atoms with Gasteiger partial charge in [-0.1, -0.05) is 19.1 Å². The first-order chi connectivity index (χ1) is 18.2. The summed E-state index contributed by atoms with van der Waals surface area (Å²) >= 11 is 0. The van der Waals surface area contributed by atoms with Crippen molar-refractivity contribution in [2.75, 3.05) is 11.9 Å². The monoisotopic (exact) mass is 529 g/mol. The van der Waals surface area contributed by atoms with Gasteiger partial charge in [0.25, 0.3) is 0 Å². The molecule has 0 aliphatic carbocycles. The highest BCUT2D eigenvalue weighted by molar-refractivity contribution is 6.03. The fourth-order valence-electron chi connectivity index (χ4n) is 2.74. The molecule has 3 aromatic rings. The molecule has 0 radical (unpaired) electrons. The van der Waals surface area contributed by atoms with E-state index < -0.39 is 29.6 Å². The van der Waals surface area contributed by atoms with Crippen LogP contribution >= 0.6 is 0 Å². The lowest BCUT2D eigenvalue weighted by molar-refractivity contribution is -0.140. The van der Waals surface area contributed by atoms with Crippen molar-refractivity contribution in [3.8, 4) is 17.2 Å². The van der Waals surface area contributed by atoms with Gasteiger partial charge in [0.05, 0.1) is 24.9 Å². The summed E-state index contributed by atoms with van der Waals surface area (Å²) in [5.74, 6) is -3.56. The number of carbonyl (C=O) groups is 3. The number of halogens is 2. The van der Waals surface area contributed by atoms with Crippen LogP contribution in [0.5, 0.6) is 17.2 Å². The summed E-state index contributed by atoms with van der Waals surface area (Å²) in [5.41, 5.74) is 0.901. The Morgan fingerprint density at radius 2 is 1.82 bits per heavy atom. The molecule has 2 amide bonds. The SMILES string of the molecule is C=O.CC(CN=C(NC(=O)NCc1ccc(O)cc1)Nc1ccc(Oc2cncc(F)c2)c(F)c1)C(=O)O. The minimum Gasteiger partial charge on any atom is -0.508 e. The number of carboxylic acids is 1. The van der Waals surface area contributed by atoms with E-state index in [1.807, 2.05) is 6.79 Å². The molecule has 200 valence electrons. The molecule has 1 aromatic heterocycles. The number of ether oxygens (including phenoxy) is 1. The number of guanidine groups is 1. The van der Waals surface area contributed by atoms with Crippen molar-refractivity contribution in [1.29, 1.82) is 0 Å². The number of rotatable bonds is 8. The van der Waals surface area contributed by atoms with Crippen molar-refractivity contribution >= 4 is 30.4 Å². The molecule has 0 bridgehead atoms. The summed E-state index contributed by atoms with van der Waals surface area (Å²) in [7, 11) is 0. The Hall–Kier alpha value is -5.07. The first-order valence-corrected chi connectivity index (χ1v) is 10.9. The van der Waals surface area contributed by atoms with E-state index in [4.69, 9.17) is 14.6 Å². The van der Waals surface area contributed by atoms with Crippen molar-refractivity contribution in [3.63, 3.8) is 0 Å². The molecule has 38 heavy (non-hydrogen) atoms. The number of phenolic OH excluding ortho intramolecular Hbond substituents is 1. The quantitative estimate of drug-likeness (QED) is 0.218. The van der Waals surface area contributed by atoms with Gasteiger partial charge in [0.15, 0.2) is 11.6 Å². The van der Waals surface area contributed by atoms with E-state index in [0.717, 1.165) is 23.9 Å². The molecule has 0 spiro atoms. The third-order valence-electron chi connectivity index (χ3n) is 4.67. The number of hydrogen-bond donors (Lipinski definition) is 5. The molecule has 2 aromatic carbocycles. The predicted octanol–water partition coefficient (Wildman–Crippen LogP) is 3.66. The van der Waals surface area contributed by atoms with Gasteiger partial charge < -0.3 is 30.4 Å². The van der Waals surface area contributed by atoms with Crippen LogP contribution in [0, 0.1) is 17.6 Å². The Kier molecular flexibility index (Phi) is 11.1. The summed E-state index contributed by atoms with van der Waals surface area (Å²) in [6.45, 7) is 3.42. The summed E-state index contributed by atoms with van der Waals surface area (Å²) < 4.78 is 33.2. The van der Waals surface area contributed by atoms with E-state index in [9.17, 15) is 23.5 Å². The van der Waals surface area contributed by atoms with Crippen molar-refractivity contribution in [1.82, 2.24) is 15.6 Å². The smallest absolute Gasteiger partial charge is 0.321 e. The standard InChI is InChI=1S/C24H23F2N5O5.CH2O/c1-14(22(33)34)10-28-23(31-24(35)29-11-15-2-5-18(32)6-3-15)30-17-4-7-21(20(26)9-17)36-19-8-16(25)12-27-13-19;1-2/h2-9,12-14,32H,10-11H2,1H3,(H,33,34)(H3,28,29,30,31,35);1H2. The van der Waals surface area contributed by atoms with Crippen LogP contribution in [-0.4, -0.2) is 46.5 Å². The third kappa shape index (κ3) is 9.53. The van der Waals surface area contributed by atoms with Crippen LogP contribution < -0.4 is 20.7 Å². The molecule has 11 nitrogen and oxygen atoms in total. The van der Waals surface area contributed by atoms with Crippen molar-refractivity contribution < 1.29 is 38.1 Å². The second-order valence-electron chi connectivity index (χ2n) is 7.61. The van der Waals surface area contributed by atoms with E-state index >= 15 is 0 Å². The number of aliphatic carboxylic acids is 1. The van der Waals surface area contributed by atoms with Crippen molar-refractivity contribution in [2.45, 2.75) is 13.5 Å². The van der Waals surface area contributed by atoms with Crippen LogP contribution in [0.15, 0.2) is 65.9 Å². The first kappa shape index (κ1) is 29.2. The fraction of sp³-hybridized carbons (Fsp3) is 0.160. The number of pyridine rings is 1. The number of amides is 2. The number of benzene rings is 2. The van der Waals surface area contributed by atoms with Gasteiger partial charge in [0, 0.05) is 24.4 Å². The molecule has 0 saturated heterocycles. The molecule has 1 heterocycles. The van der Waals surface area contributed by atoms with E-state index in [2.05, 4.69) is 25.9 Å². The van der Waals surface area contributed by atoms with Gasteiger partial charge in [-0.15, -0.1) is 0 Å². The van der Waals surface area contributed by atoms with E-state index in [-0.39, 0.29) is 42.0 Å². The van der Waals surface area contributed by atoms with Crippen LogP contribution in [0.3, 0.4) is 0 Å². The zero-order valence-electron chi connectivity index (χ0n) is 20.1. The van der Waals surface area contributed by atoms with Gasteiger partial charge in [0.2, 0.25) is 5.96 Å². The average molecular weight is 530 g/mol. The number of carbonyl (C=O) groups excluding carboxylic acids is 2. The van der Waals surface area contributed by atoms with Gasteiger partial charge in [-0.2, -0.15) is 0 Å². The number of phenols is 1. The summed E-state index contributed by atoms with van der Waals surface area (Å²) in [5, 5.41) is 26.2. The highest BCUT2D eigenvalue weighted by Crippen LogP contribution is 2.26. The minimum atomic E-state index is -1.07. The number of aromatic nitrogens is 1. The Morgan fingerprint density at radius 3 is 2.45 bits per heavy atom. The van der Waals surface area contributed by atoms with Gasteiger partial charge in [-0.05, 0) is 29.8 Å². The molecular formula is C25H25F2N5O6. The number of carboxylic acid groups (broad SMARTS) is 1. The molecular weight excluding hydrogens is 504 g/mol. The van der Waals surface area contributed by atoms with Crippen LogP contribution in [-0.2, 0) is 16.1 Å². The Bertz CT molecular complexity index is 1270. The van der Waals surface area contributed by atoms with Crippen LogP contribution in [0.2, 0.25) is 0 Å². The Balaban J connectivity index is 0.00000247. The second kappa shape index (κ2) is 14.5. The third-order valence-corrected chi connectivity index (χ3v) is 4.67. The van der Waals surface area contributed by atoms with Crippen LogP contribution in [0.4, 0.5) is 19.3 Å². The maximum absolute atomic E-state index is 14.6. The van der Waals surface area contributed by atoms with Crippen molar-refractivity contribution in [2.24, 2.45) is 10.9 Å². The number of nitrogens with zero attached hydrogens (tertiary/aromatic N) is 2. The lowest BCUT2D eigenvalue weighted by Gasteiger charge is -2.14. The molecule has 13 heteroatoms. The molecule has 0 fully saturated rings. The molecule has 5 N–H and O–H groups in total. The number of urea groups is 1. The number of aromatic hydroxyl groups is 1. The highest BCUT2D eigenvalue weighted by atomic mass is 19.1. The van der Waals surface area contributed by atoms with Gasteiger partial charge in [-0.3, -0.25) is 20.1 Å². The van der Waals surface area contributed by atoms with Crippen molar-refractivity contribution in [3.05, 3.63) is 78.1 Å². The van der Waals surface area contributed by atoms with E-state index in [1.165, 1.54) is 37.4 Å². The molecule has 0 saturated carbocycles. The molecule has 3 rings (SSSR count).